The number of rotatable bonds is 0. The summed E-state index contributed by atoms with van der Waals surface area (Å²) in [5.74, 6) is -0.244. The van der Waals surface area contributed by atoms with E-state index in [1.807, 2.05) is 19.9 Å². The van der Waals surface area contributed by atoms with Gasteiger partial charge in [0.1, 0.15) is 12.2 Å². The van der Waals surface area contributed by atoms with E-state index in [0.717, 1.165) is 0 Å². The van der Waals surface area contributed by atoms with E-state index in [2.05, 4.69) is 6.92 Å². The monoisotopic (exact) mass is 184 g/mol. The molecule has 4 atom stereocenters. The molecule has 0 aromatic heterocycles. The fraction of sp³-hybridized carbons (Fsp3) is 0.800. The van der Waals surface area contributed by atoms with Crippen LogP contribution >= 0.6 is 0 Å². The molecule has 13 heavy (non-hydrogen) atoms. The maximum Gasteiger partial charge on any atom is 0.163 e. The summed E-state index contributed by atoms with van der Waals surface area (Å²) in [6, 6.07) is 0. The Kier molecular flexibility index (Phi) is 1.98. The van der Waals surface area contributed by atoms with Gasteiger partial charge in [-0.15, -0.1) is 0 Å². The van der Waals surface area contributed by atoms with Gasteiger partial charge in [-0.3, -0.25) is 0 Å². The number of fused-ring (bicyclic) bond motifs is 1. The third kappa shape index (κ3) is 1.52. The zero-order valence-electron chi connectivity index (χ0n) is 8.23. The number of aliphatic hydroxyl groups excluding tert-OH is 1. The van der Waals surface area contributed by atoms with Crippen molar-refractivity contribution in [1.82, 2.24) is 0 Å². The lowest BCUT2D eigenvalue weighted by molar-refractivity contribution is -0.153. The van der Waals surface area contributed by atoms with Gasteiger partial charge in [0.15, 0.2) is 5.79 Å². The molecule has 1 aliphatic carbocycles. The van der Waals surface area contributed by atoms with E-state index < -0.39 is 11.9 Å². The molecular formula is C10H16O3. The Bertz CT molecular complexity index is 212. The van der Waals surface area contributed by atoms with Crippen molar-refractivity contribution in [1.29, 1.82) is 0 Å². The second-order valence-electron chi connectivity index (χ2n) is 4.30. The van der Waals surface area contributed by atoms with Crippen molar-refractivity contribution in [2.75, 3.05) is 0 Å². The normalized spacial score (nSPS) is 47.7. The molecule has 74 valence electrons. The van der Waals surface area contributed by atoms with E-state index >= 15 is 0 Å². The lowest BCUT2D eigenvalue weighted by atomic mass is 9.90. The maximum atomic E-state index is 9.64. The van der Waals surface area contributed by atoms with E-state index in [4.69, 9.17) is 9.47 Å². The second kappa shape index (κ2) is 2.80. The summed E-state index contributed by atoms with van der Waals surface area (Å²) >= 11 is 0. The van der Waals surface area contributed by atoms with E-state index in [9.17, 15) is 5.11 Å². The first-order valence-electron chi connectivity index (χ1n) is 4.72. The van der Waals surface area contributed by atoms with Gasteiger partial charge in [-0.2, -0.15) is 0 Å². The van der Waals surface area contributed by atoms with Crippen LogP contribution in [0.5, 0.6) is 0 Å². The first kappa shape index (κ1) is 9.19. The third-order valence-electron chi connectivity index (χ3n) is 2.63. The molecule has 0 radical (unpaired) electrons. The molecule has 2 aliphatic rings. The van der Waals surface area contributed by atoms with Crippen molar-refractivity contribution in [3.63, 3.8) is 0 Å². The lowest BCUT2D eigenvalue weighted by Gasteiger charge is -2.27. The fourth-order valence-corrected chi connectivity index (χ4v) is 2.00. The van der Waals surface area contributed by atoms with E-state index in [0.29, 0.717) is 5.92 Å². The average Bonchev–Trinajstić information content (AvgIpc) is 2.35. The SMILES string of the molecule is C[C@H]1C=C[C@@H](O)[C@@H]2OC(C)(C)O[C@@H]21. The van der Waals surface area contributed by atoms with Crippen molar-refractivity contribution in [2.24, 2.45) is 5.92 Å². The highest BCUT2D eigenvalue weighted by molar-refractivity contribution is 5.09. The number of ether oxygens (including phenoxy) is 2. The molecular weight excluding hydrogens is 168 g/mol. The standard InChI is InChI=1S/C10H16O3/c1-6-4-5-7(11)9-8(6)12-10(2,3)13-9/h4-9,11H,1-3H3/t6-,7+,8+,9-/m0/s1. The molecule has 3 nitrogen and oxygen atoms in total. The summed E-state index contributed by atoms with van der Waals surface area (Å²) in [4.78, 5) is 0. The summed E-state index contributed by atoms with van der Waals surface area (Å²) < 4.78 is 11.3. The average molecular weight is 184 g/mol. The quantitative estimate of drug-likeness (QED) is 0.572. The molecule has 2 rings (SSSR count). The van der Waals surface area contributed by atoms with Crippen LogP contribution < -0.4 is 0 Å². The predicted octanol–water partition coefficient (Wildman–Crippen LogP) is 1.07. The molecule has 1 heterocycles. The van der Waals surface area contributed by atoms with Crippen LogP contribution in [0.1, 0.15) is 20.8 Å². The highest BCUT2D eigenvalue weighted by Gasteiger charge is 2.47. The van der Waals surface area contributed by atoms with Gasteiger partial charge in [0.2, 0.25) is 0 Å². The van der Waals surface area contributed by atoms with Gasteiger partial charge < -0.3 is 14.6 Å². The highest BCUT2D eigenvalue weighted by atomic mass is 16.8. The molecule has 1 saturated heterocycles. The van der Waals surface area contributed by atoms with E-state index in [1.165, 1.54) is 0 Å². The Morgan fingerprint density at radius 1 is 1.15 bits per heavy atom. The molecule has 1 aliphatic heterocycles. The fourth-order valence-electron chi connectivity index (χ4n) is 2.00. The van der Waals surface area contributed by atoms with Gasteiger partial charge in [-0.05, 0) is 13.8 Å². The first-order valence-corrected chi connectivity index (χ1v) is 4.72. The molecule has 0 spiro atoms. The molecule has 1 N–H and O–H groups in total. The molecule has 0 saturated carbocycles. The molecule has 3 heteroatoms. The van der Waals surface area contributed by atoms with Crippen LogP contribution in [-0.4, -0.2) is 29.2 Å². The van der Waals surface area contributed by atoms with Crippen molar-refractivity contribution >= 4 is 0 Å². The molecule has 0 aromatic rings. The predicted molar refractivity (Wildman–Crippen MR) is 48.1 cm³/mol. The minimum Gasteiger partial charge on any atom is -0.386 e. The van der Waals surface area contributed by atoms with Crippen LogP contribution in [0.4, 0.5) is 0 Å². The first-order chi connectivity index (χ1) is 5.99. The molecule has 0 amide bonds. The lowest BCUT2D eigenvalue weighted by Crippen LogP contribution is -2.40. The Morgan fingerprint density at radius 2 is 1.77 bits per heavy atom. The molecule has 1 fully saturated rings. The van der Waals surface area contributed by atoms with Crippen LogP contribution in [0.3, 0.4) is 0 Å². The summed E-state index contributed by atoms with van der Waals surface area (Å²) in [5.41, 5.74) is 0. The van der Waals surface area contributed by atoms with Gasteiger partial charge in [0.05, 0.1) is 6.10 Å². The maximum absolute atomic E-state index is 9.64. The van der Waals surface area contributed by atoms with E-state index in [1.54, 1.807) is 6.08 Å². The molecule has 0 bridgehead atoms. The number of hydrogen-bond acceptors (Lipinski definition) is 3. The van der Waals surface area contributed by atoms with Gasteiger partial charge in [-0.25, -0.2) is 0 Å². The Morgan fingerprint density at radius 3 is 2.38 bits per heavy atom. The van der Waals surface area contributed by atoms with Gasteiger partial charge in [0.25, 0.3) is 0 Å². The van der Waals surface area contributed by atoms with Gasteiger partial charge >= 0.3 is 0 Å². The van der Waals surface area contributed by atoms with Gasteiger partial charge in [-0.1, -0.05) is 19.1 Å². The van der Waals surface area contributed by atoms with Crippen LogP contribution in [0.25, 0.3) is 0 Å². The minimum absolute atomic E-state index is 0.00463. The zero-order valence-corrected chi connectivity index (χ0v) is 8.23. The van der Waals surface area contributed by atoms with E-state index in [-0.39, 0.29) is 12.2 Å². The number of hydrogen-bond donors (Lipinski definition) is 1. The molecule has 0 unspecified atom stereocenters. The number of aliphatic hydroxyl groups is 1. The Hall–Kier alpha value is -0.380. The van der Waals surface area contributed by atoms with Gasteiger partial charge in [0, 0.05) is 5.92 Å². The Labute approximate surface area is 78.3 Å². The Balaban J connectivity index is 2.21. The van der Waals surface area contributed by atoms with Crippen molar-refractivity contribution < 1.29 is 14.6 Å². The van der Waals surface area contributed by atoms with Crippen molar-refractivity contribution in [3.05, 3.63) is 12.2 Å². The van der Waals surface area contributed by atoms with Crippen LogP contribution in [0, 0.1) is 5.92 Å². The molecule has 0 aromatic carbocycles. The van der Waals surface area contributed by atoms with Crippen molar-refractivity contribution in [3.8, 4) is 0 Å². The van der Waals surface area contributed by atoms with Crippen LogP contribution in [0.15, 0.2) is 12.2 Å². The van der Waals surface area contributed by atoms with Crippen LogP contribution in [-0.2, 0) is 9.47 Å². The van der Waals surface area contributed by atoms with Crippen molar-refractivity contribution in [2.45, 2.75) is 44.9 Å². The summed E-state index contributed by atoms with van der Waals surface area (Å²) in [6.07, 6.45) is 3.04. The summed E-state index contributed by atoms with van der Waals surface area (Å²) in [6.45, 7) is 5.83. The second-order valence-corrected chi connectivity index (χ2v) is 4.30. The highest BCUT2D eigenvalue weighted by Crippen LogP contribution is 2.36. The largest absolute Gasteiger partial charge is 0.386 e. The smallest absolute Gasteiger partial charge is 0.163 e. The topological polar surface area (TPSA) is 38.7 Å². The third-order valence-corrected chi connectivity index (χ3v) is 2.63. The minimum atomic E-state index is -0.559. The van der Waals surface area contributed by atoms with Crippen LogP contribution in [0.2, 0.25) is 0 Å². The zero-order chi connectivity index (χ0) is 9.64. The summed E-state index contributed by atoms with van der Waals surface area (Å²) in [7, 11) is 0. The summed E-state index contributed by atoms with van der Waals surface area (Å²) in [5, 5.41) is 9.64.